The van der Waals surface area contributed by atoms with Crippen LogP contribution in [0, 0.1) is 0 Å². The van der Waals surface area contributed by atoms with E-state index in [4.69, 9.17) is 14.2 Å². The van der Waals surface area contributed by atoms with E-state index in [-0.39, 0.29) is 18.0 Å². The predicted molar refractivity (Wildman–Crippen MR) is 95.2 cm³/mol. The molecule has 1 aromatic rings. The summed E-state index contributed by atoms with van der Waals surface area (Å²) < 4.78 is 16.2. The van der Waals surface area contributed by atoms with Gasteiger partial charge in [0.15, 0.2) is 0 Å². The number of anilines is 1. The first-order valence-corrected chi connectivity index (χ1v) is 8.64. The summed E-state index contributed by atoms with van der Waals surface area (Å²) in [6, 6.07) is 5.64. The SMILES string of the molecule is CCOC(=O)C[C@@H](C)c1ccc2c(c1)OCCN2C(=O)OC(C)(C)C. The van der Waals surface area contributed by atoms with Crippen LogP contribution in [-0.4, -0.2) is 37.4 Å². The molecule has 1 amide bonds. The Kier molecular flexibility index (Phi) is 5.93. The van der Waals surface area contributed by atoms with Crippen LogP contribution in [0.15, 0.2) is 18.2 Å². The molecule has 0 radical (unpaired) electrons. The molecule has 1 atom stereocenters. The molecule has 1 aliphatic rings. The topological polar surface area (TPSA) is 65.1 Å². The second kappa shape index (κ2) is 7.76. The Morgan fingerprint density at radius 2 is 2.04 bits per heavy atom. The van der Waals surface area contributed by atoms with Crippen molar-refractivity contribution in [3.63, 3.8) is 0 Å². The molecule has 0 N–H and O–H groups in total. The summed E-state index contributed by atoms with van der Waals surface area (Å²) in [5.74, 6) is 0.416. The van der Waals surface area contributed by atoms with Crippen molar-refractivity contribution in [1.29, 1.82) is 0 Å². The van der Waals surface area contributed by atoms with Crippen LogP contribution in [0.2, 0.25) is 0 Å². The van der Waals surface area contributed by atoms with Gasteiger partial charge in [-0.15, -0.1) is 0 Å². The molecule has 2 rings (SSSR count). The largest absolute Gasteiger partial charge is 0.490 e. The Morgan fingerprint density at radius 3 is 2.68 bits per heavy atom. The molecule has 0 spiro atoms. The van der Waals surface area contributed by atoms with Crippen LogP contribution in [0.1, 0.15) is 52.5 Å². The molecule has 0 fully saturated rings. The summed E-state index contributed by atoms with van der Waals surface area (Å²) >= 11 is 0. The van der Waals surface area contributed by atoms with E-state index in [9.17, 15) is 9.59 Å². The van der Waals surface area contributed by atoms with Gasteiger partial charge in [-0.25, -0.2) is 4.79 Å². The van der Waals surface area contributed by atoms with E-state index in [1.54, 1.807) is 11.8 Å². The summed E-state index contributed by atoms with van der Waals surface area (Å²) in [5, 5.41) is 0. The predicted octanol–water partition coefficient (Wildman–Crippen LogP) is 3.88. The van der Waals surface area contributed by atoms with Gasteiger partial charge in [-0.05, 0) is 51.3 Å². The van der Waals surface area contributed by atoms with Crippen molar-refractivity contribution in [3.05, 3.63) is 23.8 Å². The van der Waals surface area contributed by atoms with Gasteiger partial charge in [-0.1, -0.05) is 13.0 Å². The first-order chi connectivity index (χ1) is 11.7. The minimum absolute atomic E-state index is 0.00449. The molecule has 0 saturated heterocycles. The highest BCUT2D eigenvalue weighted by Gasteiger charge is 2.28. The zero-order valence-electron chi connectivity index (χ0n) is 15.6. The van der Waals surface area contributed by atoms with Gasteiger partial charge in [0.1, 0.15) is 18.0 Å². The molecular weight excluding hydrogens is 322 g/mol. The fraction of sp³-hybridized carbons (Fsp3) is 0.579. The fourth-order valence-corrected chi connectivity index (χ4v) is 2.64. The molecule has 6 heteroatoms. The molecule has 1 aromatic carbocycles. The van der Waals surface area contributed by atoms with Crippen molar-refractivity contribution in [2.45, 2.75) is 52.6 Å². The molecule has 1 aliphatic heterocycles. The highest BCUT2D eigenvalue weighted by Crippen LogP contribution is 2.36. The van der Waals surface area contributed by atoms with E-state index in [0.29, 0.717) is 37.6 Å². The maximum atomic E-state index is 12.4. The maximum Gasteiger partial charge on any atom is 0.415 e. The quantitative estimate of drug-likeness (QED) is 0.772. The lowest BCUT2D eigenvalue weighted by molar-refractivity contribution is -0.143. The van der Waals surface area contributed by atoms with E-state index < -0.39 is 5.60 Å². The van der Waals surface area contributed by atoms with Gasteiger partial charge < -0.3 is 14.2 Å². The van der Waals surface area contributed by atoms with Crippen molar-refractivity contribution in [2.24, 2.45) is 0 Å². The Hall–Kier alpha value is -2.24. The summed E-state index contributed by atoms with van der Waals surface area (Å²) in [5.41, 5.74) is 1.11. The number of amides is 1. The second-order valence-corrected chi connectivity index (χ2v) is 7.12. The van der Waals surface area contributed by atoms with Crippen LogP contribution in [0.3, 0.4) is 0 Å². The number of rotatable bonds is 4. The Balaban J connectivity index is 2.16. The van der Waals surface area contributed by atoms with Gasteiger partial charge in [0.25, 0.3) is 0 Å². The zero-order valence-corrected chi connectivity index (χ0v) is 15.6. The first-order valence-electron chi connectivity index (χ1n) is 8.64. The summed E-state index contributed by atoms with van der Waals surface area (Å²) in [6.07, 6.45) is -0.0769. The molecule has 0 aliphatic carbocycles. The molecule has 25 heavy (non-hydrogen) atoms. The lowest BCUT2D eigenvalue weighted by Gasteiger charge is -2.32. The van der Waals surface area contributed by atoms with E-state index in [2.05, 4.69) is 0 Å². The minimum Gasteiger partial charge on any atom is -0.490 e. The summed E-state index contributed by atoms with van der Waals surface area (Å²) in [7, 11) is 0. The molecule has 0 aromatic heterocycles. The number of benzene rings is 1. The monoisotopic (exact) mass is 349 g/mol. The minimum atomic E-state index is -0.552. The third-order valence-electron chi connectivity index (χ3n) is 3.81. The van der Waals surface area contributed by atoms with Crippen LogP contribution in [-0.2, 0) is 14.3 Å². The number of esters is 1. The molecule has 0 bridgehead atoms. The number of ether oxygens (including phenoxy) is 3. The Bertz CT molecular complexity index is 635. The normalized spacial score (nSPS) is 15.0. The van der Waals surface area contributed by atoms with Gasteiger partial charge in [-0.2, -0.15) is 0 Å². The molecule has 0 saturated carbocycles. The lowest BCUT2D eigenvalue weighted by atomic mass is 9.97. The zero-order chi connectivity index (χ0) is 18.6. The molecule has 0 unspecified atom stereocenters. The van der Waals surface area contributed by atoms with Crippen LogP contribution < -0.4 is 9.64 Å². The first kappa shape index (κ1) is 19.1. The molecular formula is C19H27NO5. The molecule has 138 valence electrons. The van der Waals surface area contributed by atoms with E-state index in [1.807, 2.05) is 45.9 Å². The van der Waals surface area contributed by atoms with Crippen molar-refractivity contribution >= 4 is 17.7 Å². The van der Waals surface area contributed by atoms with Crippen molar-refractivity contribution in [3.8, 4) is 5.75 Å². The highest BCUT2D eigenvalue weighted by molar-refractivity contribution is 5.90. The average molecular weight is 349 g/mol. The van der Waals surface area contributed by atoms with Gasteiger partial charge in [0.2, 0.25) is 0 Å². The van der Waals surface area contributed by atoms with Crippen LogP contribution in [0.4, 0.5) is 10.5 Å². The lowest BCUT2D eigenvalue weighted by Crippen LogP contribution is -2.41. The van der Waals surface area contributed by atoms with Crippen molar-refractivity contribution in [2.75, 3.05) is 24.7 Å². The van der Waals surface area contributed by atoms with Gasteiger partial charge >= 0.3 is 12.1 Å². The molecule has 6 nitrogen and oxygen atoms in total. The van der Waals surface area contributed by atoms with Crippen molar-refractivity contribution < 1.29 is 23.8 Å². The number of carbonyl (C=O) groups is 2. The van der Waals surface area contributed by atoms with Crippen LogP contribution in [0.25, 0.3) is 0 Å². The van der Waals surface area contributed by atoms with Crippen LogP contribution in [0.5, 0.6) is 5.75 Å². The highest BCUT2D eigenvalue weighted by atomic mass is 16.6. The Morgan fingerprint density at radius 1 is 1.32 bits per heavy atom. The number of hydrogen-bond donors (Lipinski definition) is 0. The molecule has 1 heterocycles. The Labute approximate surface area is 149 Å². The third-order valence-corrected chi connectivity index (χ3v) is 3.81. The smallest absolute Gasteiger partial charge is 0.415 e. The second-order valence-electron chi connectivity index (χ2n) is 7.12. The van der Waals surface area contributed by atoms with Crippen LogP contribution >= 0.6 is 0 Å². The van der Waals surface area contributed by atoms with E-state index >= 15 is 0 Å². The maximum absolute atomic E-state index is 12.4. The third kappa shape index (κ3) is 5.11. The summed E-state index contributed by atoms with van der Waals surface area (Å²) in [4.78, 5) is 25.7. The number of hydrogen-bond acceptors (Lipinski definition) is 5. The van der Waals surface area contributed by atoms with E-state index in [0.717, 1.165) is 5.56 Å². The average Bonchev–Trinajstić information content (AvgIpc) is 2.52. The summed E-state index contributed by atoms with van der Waals surface area (Å²) in [6.45, 7) is 10.5. The number of nitrogens with zero attached hydrogens (tertiary/aromatic N) is 1. The van der Waals surface area contributed by atoms with Gasteiger partial charge in [0.05, 0.1) is 25.3 Å². The van der Waals surface area contributed by atoms with Crippen molar-refractivity contribution in [1.82, 2.24) is 0 Å². The standard InChI is InChI=1S/C19H27NO5/c1-6-23-17(21)11-13(2)14-7-8-15-16(12-14)24-10-9-20(15)18(22)25-19(3,4)5/h7-8,12-13H,6,9-11H2,1-5H3/t13-/m1/s1. The number of carbonyl (C=O) groups excluding carboxylic acids is 2. The number of fused-ring (bicyclic) bond motifs is 1. The fourth-order valence-electron chi connectivity index (χ4n) is 2.64. The van der Waals surface area contributed by atoms with Gasteiger partial charge in [-0.3, -0.25) is 9.69 Å². The van der Waals surface area contributed by atoms with E-state index in [1.165, 1.54) is 0 Å². The van der Waals surface area contributed by atoms with Gasteiger partial charge in [0, 0.05) is 0 Å².